The SMILES string of the molecule is C[C@H](O)[C@@H]1CCCCN1C(=O)C1CNC1. The first-order chi connectivity index (χ1) is 7.20. The summed E-state index contributed by atoms with van der Waals surface area (Å²) in [5.41, 5.74) is 0. The third-order valence-corrected chi connectivity index (χ3v) is 3.52. The van der Waals surface area contributed by atoms with Gasteiger partial charge in [-0.3, -0.25) is 4.79 Å². The fourth-order valence-electron chi connectivity index (χ4n) is 2.43. The van der Waals surface area contributed by atoms with E-state index >= 15 is 0 Å². The molecule has 0 aromatic carbocycles. The molecule has 4 nitrogen and oxygen atoms in total. The van der Waals surface area contributed by atoms with Crippen LogP contribution < -0.4 is 5.32 Å². The maximum atomic E-state index is 12.1. The standard InChI is InChI=1S/C11H20N2O2/c1-8(14)10-4-2-3-5-13(10)11(15)9-6-12-7-9/h8-10,12,14H,2-7H2,1H3/t8-,10-/m0/s1. The molecule has 86 valence electrons. The molecule has 0 radical (unpaired) electrons. The van der Waals surface area contributed by atoms with E-state index in [0.717, 1.165) is 38.9 Å². The van der Waals surface area contributed by atoms with Crippen LogP contribution in [0.1, 0.15) is 26.2 Å². The predicted octanol–water partition coefficient (Wildman–Crippen LogP) is -0.0323. The third kappa shape index (κ3) is 2.16. The monoisotopic (exact) mass is 212 g/mol. The molecule has 0 bridgehead atoms. The number of rotatable bonds is 2. The van der Waals surface area contributed by atoms with Gasteiger partial charge in [0, 0.05) is 19.6 Å². The minimum atomic E-state index is -0.401. The first-order valence-corrected chi connectivity index (χ1v) is 5.89. The van der Waals surface area contributed by atoms with Gasteiger partial charge in [0.1, 0.15) is 0 Å². The Balaban J connectivity index is 1.99. The van der Waals surface area contributed by atoms with Crippen molar-refractivity contribution < 1.29 is 9.90 Å². The topological polar surface area (TPSA) is 52.6 Å². The highest BCUT2D eigenvalue weighted by Gasteiger charge is 2.35. The zero-order chi connectivity index (χ0) is 10.8. The van der Waals surface area contributed by atoms with E-state index in [1.54, 1.807) is 6.92 Å². The van der Waals surface area contributed by atoms with Crippen LogP contribution in [0, 0.1) is 5.92 Å². The van der Waals surface area contributed by atoms with Crippen LogP contribution in [0.5, 0.6) is 0 Å². The first-order valence-electron chi connectivity index (χ1n) is 5.89. The highest BCUT2D eigenvalue weighted by atomic mass is 16.3. The van der Waals surface area contributed by atoms with Crippen LogP contribution in [0.15, 0.2) is 0 Å². The van der Waals surface area contributed by atoms with Gasteiger partial charge in [0.2, 0.25) is 5.91 Å². The average molecular weight is 212 g/mol. The van der Waals surface area contributed by atoms with Crippen molar-refractivity contribution in [3.05, 3.63) is 0 Å². The summed E-state index contributed by atoms with van der Waals surface area (Å²) in [6.45, 7) is 4.23. The lowest BCUT2D eigenvalue weighted by Crippen LogP contribution is -2.57. The highest BCUT2D eigenvalue weighted by Crippen LogP contribution is 2.22. The molecule has 2 rings (SSSR count). The Labute approximate surface area is 90.6 Å². The van der Waals surface area contributed by atoms with Crippen LogP contribution in [0.2, 0.25) is 0 Å². The number of carbonyl (C=O) groups is 1. The summed E-state index contributed by atoms with van der Waals surface area (Å²) in [5.74, 6) is 0.392. The van der Waals surface area contributed by atoms with Gasteiger partial charge in [-0.25, -0.2) is 0 Å². The van der Waals surface area contributed by atoms with E-state index < -0.39 is 6.10 Å². The maximum absolute atomic E-state index is 12.1. The molecule has 0 spiro atoms. The Hall–Kier alpha value is -0.610. The number of nitrogens with one attached hydrogen (secondary N) is 1. The second-order valence-electron chi connectivity index (χ2n) is 4.69. The second kappa shape index (κ2) is 4.49. The molecule has 2 aliphatic rings. The smallest absolute Gasteiger partial charge is 0.228 e. The molecule has 2 atom stereocenters. The Kier molecular flexibility index (Phi) is 3.26. The lowest BCUT2D eigenvalue weighted by molar-refractivity contribution is -0.143. The molecule has 0 aromatic rings. The molecular weight excluding hydrogens is 192 g/mol. The van der Waals surface area contributed by atoms with E-state index in [2.05, 4.69) is 5.32 Å². The number of aliphatic hydroxyl groups is 1. The van der Waals surface area contributed by atoms with Crippen molar-refractivity contribution in [1.29, 1.82) is 0 Å². The average Bonchev–Trinajstić information content (AvgIpc) is 2.15. The maximum Gasteiger partial charge on any atom is 0.228 e. The summed E-state index contributed by atoms with van der Waals surface area (Å²) in [5, 5.41) is 12.8. The van der Waals surface area contributed by atoms with Crippen LogP contribution in [-0.4, -0.2) is 47.7 Å². The molecule has 15 heavy (non-hydrogen) atoms. The molecule has 2 fully saturated rings. The van der Waals surface area contributed by atoms with Gasteiger partial charge in [0.05, 0.1) is 18.1 Å². The zero-order valence-electron chi connectivity index (χ0n) is 9.28. The largest absolute Gasteiger partial charge is 0.391 e. The molecule has 0 aromatic heterocycles. The summed E-state index contributed by atoms with van der Waals surface area (Å²) < 4.78 is 0. The number of nitrogens with zero attached hydrogens (tertiary/aromatic N) is 1. The Bertz CT molecular complexity index is 239. The molecule has 0 unspecified atom stereocenters. The molecule has 4 heteroatoms. The van der Waals surface area contributed by atoms with Crippen molar-refractivity contribution in [3.63, 3.8) is 0 Å². The quantitative estimate of drug-likeness (QED) is 0.676. The summed E-state index contributed by atoms with van der Waals surface area (Å²) in [4.78, 5) is 14.0. The van der Waals surface area contributed by atoms with Crippen LogP contribution in [0.3, 0.4) is 0 Å². The molecule has 1 amide bonds. The van der Waals surface area contributed by atoms with Crippen LogP contribution in [0.4, 0.5) is 0 Å². The number of likely N-dealkylation sites (tertiary alicyclic amines) is 1. The molecule has 2 heterocycles. The number of hydrogen-bond acceptors (Lipinski definition) is 3. The van der Waals surface area contributed by atoms with E-state index in [9.17, 15) is 9.90 Å². The molecule has 0 saturated carbocycles. The van der Waals surface area contributed by atoms with Gasteiger partial charge in [0.25, 0.3) is 0 Å². The lowest BCUT2D eigenvalue weighted by atomic mass is 9.94. The summed E-state index contributed by atoms with van der Waals surface area (Å²) in [6.07, 6.45) is 2.75. The molecule has 2 N–H and O–H groups in total. The van der Waals surface area contributed by atoms with E-state index in [1.807, 2.05) is 4.90 Å². The van der Waals surface area contributed by atoms with Gasteiger partial charge in [-0.15, -0.1) is 0 Å². The van der Waals surface area contributed by atoms with E-state index in [0.29, 0.717) is 0 Å². The van der Waals surface area contributed by atoms with Crippen molar-refractivity contribution in [2.75, 3.05) is 19.6 Å². The van der Waals surface area contributed by atoms with Gasteiger partial charge in [-0.2, -0.15) is 0 Å². The third-order valence-electron chi connectivity index (χ3n) is 3.52. The minimum absolute atomic E-state index is 0.0480. The fourth-order valence-corrected chi connectivity index (χ4v) is 2.43. The summed E-state index contributed by atoms with van der Waals surface area (Å²) in [7, 11) is 0. The molecular formula is C11H20N2O2. The molecule has 2 saturated heterocycles. The number of aliphatic hydroxyl groups excluding tert-OH is 1. The van der Waals surface area contributed by atoms with Gasteiger partial charge >= 0.3 is 0 Å². The van der Waals surface area contributed by atoms with Gasteiger partial charge in [0.15, 0.2) is 0 Å². The van der Waals surface area contributed by atoms with Crippen molar-refractivity contribution >= 4 is 5.91 Å². The number of carbonyl (C=O) groups excluding carboxylic acids is 1. The highest BCUT2D eigenvalue weighted by molar-refractivity contribution is 5.80. The van der Waals surface area contributed by atoms with Crippen molar-refractivity contribution in [1.82, 2.24) is 10.2 Å². The fraction of sp³-hybridized carbons (Fsp3) is 0.909. The van der Waals surface area contributed by atoms with E-state index in [1.165, 1.54) is 0 Å². The number of hydrogen-bond donors (Lipinski definition) is 2. The van der Waals surface area contributed by atoms with Crippen LogP contribution >= 0.6 is 0 Å². The van der Waals surface area contributed by atoms with Crippen molar-refractivity contribution in [2.24, 2.45) is 5.92 Å². The normalized spacial score (nSPS) is 29.7. The van der Waals surface area contributed by atoms with Gasteiger partial charge in [-0.1, -0.05) is 0 Å². The van der Waals surface area contributed by atoms with Gasteiger partial charge in [-0.05, 0) is 26.2 Å². The first kappa shape index (κ1) is 10.9. The lowest BCUT2D eigenvalue weighted by Gasteiger charge is -2.41. The van der Waals surface area contributed by atoms with E-state index in [-0.39, 0.29) is 17.9 Å². The summed E-state index contributed by atoms with van der Waals surface area (Å²) >= 11 is 0. The van der Waals surface area contributed by atoms with Crippen LogP contribution in [-0.2, 0) is 4.79 Å². The molecule has 0 aliphatic carbocycles. The Morgan fingerprint density at radius 1 is 1.47 bits per heavy atom. The second-order valence-corrected chi connectivity index (χ2v) is 4.69. The van der Waals surface area contributed by atoms with Gasteiger partial charge < -0.3 is 15.3 Å². The summed E-state index contributed by atoms with van der Waals surface area (Å²) in [6, 6.07) is 0.0480. The van der Waals surface area contributed by atoms with Crippen LogP contribution in [0.25, 0.3) is 0 Å². The van der Waals surface area contributed by atoms with Crippen molar-refractivity contribution in [2.45, 2.75) is 38.3 Å². The Morgan fingerprint density at radius 2 is 2.20 bits per heavy atom. The van der Waals surface area contributed by atoms with Crippen molar-refractivity contribution in [3.8, 4) is 0 Å². The minimum Gasteiger partial charge on any atom is -0.391 e. The number of piperidine rings is 1. The number of amides is 1. The Morgan fingerprint density at radius 3 is 2.73 bits per heavy atom. The zero-order valence-corrected chi connectivity index (χ0v) is 9.28. The predicted molar refractivity (Wildman–Crippen MR) is 57.4 cm³/mol. The van der Waals surface area contributed by atoms with E-state index in [4.69, 9.17) is 0 Å². The molecule has 2 aliphatic heterocycles.